The van der Waals surface area contributed by atoms with Crippen LogP contribution in [0.25, 0.3) is 0 Å². The highest BCUT2D eigenvalue weighted by Crippen LogP contribution is 2.08. The Morgan fingerprint density at radius 1 is 1.15 bits per heavy atom. The number of hydrogen-bond donors (Lipinski definition) is 2. The number of allylic oxidation sites excluding steroid dienone is 1. The predicted octanol–water partition coefficient (Wildman–Crippen LogP) is 1.89. The van der Waals surface area contributed by atoms with Gasteiger partial charge in [-0.2, -0.15) is 0 Å². The predicted molar refractivity (Wildman–Crippen MR) is 95.7 cm³/mol. The summed E-state index contributed by atoms with van der Waals surface area (Å²) < 4.78 is 18.1. The Kier molecular flexibility index (Phi) is 8.48. The maximum Gasteiger partial charge on any atom is 0.328 e. The first-order valence-electron chi connectivity index (χ1n) is 8.26. The molecule has 0 fully saturated rings. The zero-order valence-electron chi connectivity index (χ0n) is 15.5. The number of methoxy groups -OCH3 is 1. The van der Waals surface area contributed by atoms with Crippen LogP contribution in [0.5, 0.6) is 0 Å². The van der Waals surface area contributed by atoms with E-state index in [-0.39, 0.29) is 12.8 Å². The molecular weight excluding hydrogens is 339 g/mol. The molecule has 142 valence electrons. The molecular formula is C19H25FN2O4. The van der Waals surface area contributed by atoms with Crippen LogP contribution in [-0.4, -0.2) is 37.0 Å². The van der Waals surface area contributed by atoms with Crippen molar-refractivity contribution < 1.29 is 23.5 Å². The van der Waals surface area contributed by atoms with Gasteiger partial charge in [0.15, 0.2) is 0 Å². The van der Waals surface area contributed by atoms with Crippen molar-refractivity contribution in [2.75, 3.05) is 7.11 Å². The van der Waals surface area contributed by atoms with E-state index in [2.05, 4.69) is 10.6 Å². The first-order valence-corrected chi connectivity index (χ1v) is 8.26. The summed E-state index contributed by atoms with van der Waals surface area (Å²) >= 11 is 0. The van der Waals surface area contributed by atoms with Crippen LogP contribution in [0.3, 0.4) is 0 Å². The van der Waals surface area contributed by atoms with E-state index in [1.54, 1.807) is 6.07 Å². The molecule has 6 nitrogen and oxygen atoms in total. The second kappa shape index (κ2) is 10.3. The molecule has 0 saturated heterocycles. The van der Waals surface area contributed by atoms with Crippen molar-refractivity contribution in [3.63, 3.8) is 0 Å². The molecule has 1 aromatic rings. The third kappa shape index (κ3) is 7.46. The molecule has 0 aromatic heterocycles. The molecule has 0 heterocycles. The molecule has 1 rings (SSSR count). The zero-order chi connectivity index (χ0) is 19.7. The van der Waals surface area contributed by atoms with E-state index in [0.29, 0.717) is 5.56 Å². The van der Waals surface area contributed by atoms with Crippen LogP contribution in [-0.2, 0) is 25.5 Å². The summed E-state index contributed by atoms with van der Waals surface area (Å²) in [4.78, 5) is 35.9. The van der Waals surface area contributed by atoms with E-state index < -0.39 is 35.7 Å². The average molecular weight is 364 g/mol. The van der Waals surface area contributed by atoms with Gasteiger partial charge >= 0.3 is 5.97 Å². The summed E-state index contributed by atoms with van der Waals surface area (Å²) in [5.41, 5.74) is 1.55. The van der Waals surface area contributed by atoms with E-state index in [1.807, 2.05) is 19.9 Å². The molecule has 0 spiro atoms. The number of amides is 2. The number of rotatable bonds is 8. The molecule has 2 atom stereocenters. The molecule has 1 aromatic carbocycles. The number of benzene rings is 1. The minimum Gasteiger partial charge on any atom is -0.467 e. The van der Waals surface area contributed by atoms with Gasteiger partial charge in [0, 0.05) is 13.3 Å². The van der Waals surface area contributed by atoms with E-state index in [1.165, 1.54) is 32.2 Å². The maximum atomic E-state index is 13.4. The van der Waals surface area contributed by atoms with Crippen LogP contribution in [0, 0.1) is 5.82 Å². The fourth-order valence-electron chi connectivity index (χ4n) is 2.34. The third-order valence-corrected chi connectivity index (χ3v) is 3.59. The van der Waals surface area contributed by atoms with Gasteiger partial charge in [-0.3, -0.25) is 9.59 Å². The number of hydrogen-bond acceptors (Lipinski definition) is 4. The Labute approximate surface area is 152 Å². The van der Waals surface area contributed by atoms with Gasteiger partial charge in [-0.1, -0.05) is 23.8 Å². The van der Waals surface area contributed by atoms with Crippen LogP contribution in [0.15, 0.2) is 35.9 Å². The number of ether oxygens (including phenoxy) is 1. The SMILES string of the molecule is COC(=O)[C@H](CC=C(C)C)NC(=O)[C@H](Cc1cccc(F)c1)NC(C)=O. The second-order valence-corrected chi connectivity index (χ2v) is 6.19. The van der Waals surface area contributed by atoms with Gasteiger partial charge in [-0.05, 0) is 38.0 Å². The Morgan fingerprint density at radius 2 is 1.85 bits per heavy atom. The summed E-state index contributed by atoms with van der Waals surface area (Å²) in [6.45, 7) is 5.03. The molecule has 0 saturated carbocycles. The molecule has 7 heteroatoms. The first-order chi connectivity index (χ1) is 12.2. The number of carbonyl (C=O) groups is 3. The second-order valence-electron chi connectivity index (χ2n) is 6.19. The quantitative estimate of drug-likeness (QED) is 0.545. The van der Waals surface area contributed by atoms with E-state index in [0.717, 1.165) is 5.57 Å². The van der Waals surface area contributed by atoms with Crippen molar-refractivity contribution in [3.8, 4) is 0 Å². The van der Waals surface area contributed by atoms with Gasteiger partial charge < -0.3 is 15.4 Å². The number of carbonyl (C=O) groups excluding carboxylic acids is 3. The lowest BCUT2D eigenvalue weighted by atomic mass is 10.0. The fourth-order valence-corrected chi connectivity index (χ4v) is 2.34. The number of nitrogens with one attached hydrogen (secondary N) is 2. The molecule has 2 N–H and O–H groups in total. The van der Waals surface area contributed by atoms with E-state index >= 15 is 0 Å². The molecule has 0 aliphatic rings. The lowest BCUT2D eigenvalue weighted by Gasteiger charge is -2.21. The van der Waals surface area contributed by atoms with Gasteiger partial charge in [0.05, 0.1) is 7.11 Å². The van der Waals surface area contributed by atoms with Crippen LogP contribution in [0.2, 0.25) is 0 Å². The van der Waals surface area contributed by atoms with Gasteiger partial charge in [-0.25, -0.2) is 9.18 Å². The van der Waals surface area contributed by atoms with Crippen molar-refractivity contribution in [1.82, 2.24) is 10.6 Å². The average Bonchev–Trinajstić information content (AvgIpc) is 2.56. The Bertz CT molecular complexity index is 684. The molecule has 0 unspecified atom stereocenters. The molecule has 0 aliphatic heterocycles. The van der Waals surface area contributed by atoms with E-state index in [4.69, 9.17) is 4.74 Å². The summed E-state index contributed by atoms with van der Waals surface area (Å²) in [7, 11) is 1.24. The van der Waals surface area contributed by atoms with Crippen molar-refractivity contribution in [2.45, 2.75) is 45.7 Å². The normalized spacial score (nSPS) is 12.5. The molecule has 26 heavy (non-hydrogen) atoms. The van der Waals surface area contributed by atoms with Gasteiger partial charge in [0.25, 0.3) is 0 Å². The Hall–Kier alpha value is -2.70. The zero-order valence-corrected chi connectivity index (χ0v) is 15.5. The Morgan fingerprint density at radius 3 is 2.38 bits per heavy atom. The summed E-state index contributed by atoms with van der Waals surface area (Å²) in [5.74, 6) is -1.95. The van der Waals surface area contributed by atoms with Crippen molar-refractivity contribution in [3.05, 3.63) is 47.3 Å². The third-order valence-electron chi connectivity index (χ3n) is 3.59. The lowest BCUT2D eigenvalue weighted by Crippen LogP contribution is -2.52. The van der Waals surface area contributed by atoms with Crippen LogP contribution in [0.1, 0.15) is 32.8 Å². The van der Waals surface area contributed by atoms with Crippen LogP contribution >= 0.6 is 0 Å². The van der Waals surface area contributed by atoms with Crippen LogP contribution < -0.4 is 10.6 Å². The highest BCUT2D eigenvalue weighted by Gasteiger charge is 2.26. The van der Waals surface area contributed by atoms with Crippen molar-refractivity contribution in [1.29, 1.82) is 0 Å². The number of esters is 1. The topological polar surface area (TPSA) is 84.5 Å². The Balaban J connectivity index is 2.93. The van der Waals surface area contributed by atoms with Gasteiger partial charge in [0.1, 0.15) is 17.9 Å². The molecule has 0 aliphatic carbocycles. The maximum absolute atomic E-state index is 13.4. The van der Waals surface area contributed by atoms with Crippen molar-refractivity contribution >= 4 is 17.8 Å². The first kappa shape index (κ1) is 21.3. The molecule has 0 radical (unpaired) electrons. The highest BCUT2D eigenvalue weighted by molar-refractivity contribution is 5.90. The standard InChI is InChI=1S/C19H25FN2O4/c1-12(2)8-9-16(19(25)26-4)22-18(24)17(21-13(3)23)11-14-6-5-7-15(20)10-14/h5-8,10,16-17H,9,11H2,1-4H3,(H,21,23)(H,22,24)/t16-,17-/m0/s1. The van der Waals surface area contributed by atoms with Gasteiger partial charge in [-0.15, -0.1) is 0 Å². The smallest absolute Gasteiger partial charge is 0.328 e. The van der Waals surface area contributed by atoms with Gasteiger partial charge in [0.2, 0.25) is 11.8 Å². The van der Waals surface area contributed by atoms with Crippen molar-refractivity contribution in [2.24, 2.45) is 0 Å². The highest BCUT2D eigenvalue weighted by atomic mass is 19.1. The minimum absolute atomic E-state index is 0.0969. The lowest BCUT2D eigenvalue weighted by molar-refractivity contribution is -0.145. The largest absolute Gasteiger partial charge is 0.467 e. The molecule has 0 bridgehead atoms. The summed E-state index contributed by atoms with van der Waals surface area (Å²) in [6.07, 6.45) is 2.18. The monoisotopic (exact) mass is 364 g/mol. The summed E-state index contributed by atoms with van der Waals surface area (Å²) in [5, 5.41) is 5.13. The molecule has 2 amide bonds. The minimum atomic E-state index is -0.937. The van der Waals surface area contributed by atoms with Crippen LogP contribution in [0.4, 0.5) is 4.39 Å². The van der Waals surface area contributed by atoms with E-state index in [9.17, 15) is 18.8 Å². The number of halogens is 1. The fraction of sp³-hybridized carbons (Fsp3) is 0.421. The summed E-state index contributed by atoms with van der Waals surface area (Å²) in [6, 6.07) is 3.97.